The van der Waals surface area contributed by atoms with Crippen molar-refractivity contribution in [1.82, 2.24) is 5.32 Å². The molecule has 1 saturated carbocycles. The third-order valence-corrected chi connectivity index (χ3v) is 4.14. The lowest BCUT2D eigenvalue weighted by molar-refractivity contribution is -0.120. The van der Waals surface area contributed by atoms with Gasteiger partial charge in [-0.3, -0.25) is 4.79 Å². The summed E-state index contributed by atoms with van der Waals surface area (Å²) in [6.45, 7) is 1.81. The zero-order valence-corrected chi connectivity index (χ0v) is 14.4. The highest BCUT2D eigenvalue weighted by Gasteiger charge is 2.42. The van der Waals surface area contributed by atoms with E-state index in [2.05, 4.69) is 16.7 Å². The van der Waals surface area contributed by atoms with E-state index in [0.29, 0.717) is 22.9 Å². The molecular weight excluding hydrogens is 310 g/mol. The Bertz CT molecular complexity index is 627. The Morgan fingerprint density at radius 2 is 1.83 bits per heavy atom. The van der Waals surface area contributed by atoms with E-state index in [1.165, 1.54) is 21.3 Å². The maximum Gasteiger partial charge on any atom is 0.240 e. The molecule has 1 aromatic rings. The van der Waals surface area contributed by atoms with E-state index in [1.807, 2.05) is 0 Å². The fourth-order valence-electron chi connectivity index (χ4n) is 2.58. The molecule has 24 heavy (non-hydrogen) atoms. The average molecular weight is 333 g/mol. The monoisotopic (exact) mass is 333 g/mol. The van der Waals surface area contributed by atoms with Gasteiger partial charge in [0.2, 0.25) is 11.7 Å². The van der Waals surface area contributed by atoms with E-state index in [9.17, 15) is 10.1 Å². The van der Waals surface area contributed by atoms with E-state index in [0.717, 1.165) is 12.8 Å². The molecule has 0 saturated heterocycles. The van der Waals surface area contributed by atoms with E-state index in [1.54, 1.807) is 19.1 Å². The highest BCUT2D eigenvalue weighted by Crippen LogP contribution is 2.40. The third kappa shape index (κ3) is 3.82. The van der Waals surface area contributed by atoms with E-state index < -0.39 is 5.54 Å². The topological polar surface area (TPSA) is 92.6 Å². The maximum absolute atomic E-state index is 12.1. The van der Waals surface area contributed by atoms with Crippen LogP contribution in [0.4, 0.5) is 5.69 Å². The predicted octanol–water partition coefficient (Wildman–Crippen LogP) is 1.93. The number of hydrogen-bond donors (Lipinski definition) is 2. The highest BCUT2D eigenvalue weighted by atomic mass is 16.5. The van der Waals surface area contributed by atoms with Crippen molar-refractivity contribution in [2.24, 2.45) is 5.92 Å². The summed E-state index contributed by atoms with van der Waals surface area (Å²) in [4.78, 5) is 12.1. The molecule has 2 rings (SSSR count). The molecule has 1 amide bonds. The minimum Gasteiger partial charge on any atom is -0.493 e. The zero-order chi connectivity index (χ0) is 17.7. The van der Waals surface area contributed by atoms with Crippen LogP contribution in [0.25, 0.3) is 0 Å². The van der Waals surface area contributed by atoms with Crippen LogP contribution in [-0.4, -0.2) is 39.3 Å². The second-order valence-corrected chi connectivity index (χ2v) is 5.90. The lowest BCUT2D eigenvalue weighted by atomic mass is 9.98. The van der Waals surface area contributed by atoms with Gasteiger partial charge in [0.15, 0.2) is 11.5 Å². The molecular formula is C17H23N3O4. The van der Waals surface area contributed by atoms with Gasteiger partial charge in [0.1, 0.15) is 5.54 Å². The summed E-state index contributed by atoms with van der Waals surface area (Å²) < 4.78 is 15.8. The number of anilines is 1. The van der Waals surface area contributed by atoms with Crippen LogP contribution in [0.3, 0.4) is 0 Å². The summed E-state index contributed by atoms with van der Waals surface area (Å²) in [7, 11) is 4.59. The van der Waals surface area contributed by atoms with Crippen LogP contribution in [0, 0.1) is 17.2 Å². The number of carbonyl (C=O) groups excluding carboxylic acids is 1. The van der Waals surface area contributed by atoms with Gasteiger partial charge >= 0.3 is 0 Å². The first-order valence-corrected chi connectivity index (χ1v) is 7.73. The number of nitrogens with one attached hydrogen (secondary N) is 2. The SMILES string of the molecule is COc1cc(NCC(=O)NC(C)(C#N)C2CC2)cc(OC)c1OC. The molecule has 1 fully saturated rings. The first-order chi connectivity index (χ1) is 11.5. The number of rotatable bonds is 8. The normalized spacial score (nSPS) is 15.6. The smallest absolute Gasteiger partial charge is 0.240 e. The van der Waals surface area contributed by atoms with E-state index >= 15 is 0 Å². The number of methoxy groups -OCH3 is 3. The average Bonchev–Trinajstić information content (AvgIpc) is 3.44. The van der Waals surface area contributed by atoms with Crippen molar-refractivity contribution < 1.29 is 19.0 Å². The van der Waals surface area contributed by atoms with Gasteiger partial charge in [0, 0.05) is 17.8 Å². The molecule has 0 bridgehead atoms. The Hall–Kier alpha value is -2.62. The molecule has 7 nitrogen and oxygen atoms in total. The van der Waals surface area contributed by atoms with Crippen molar-refractivity contribution >= 4 is 11.6 Å². The van der Waals surface area contributed by atoms with Crippen LogP contribution in [0.5, 0.6) is 17.2 Å². The second kappa shape index (κ2) is 7.30. The van der Waals surface area contributed by atoms with Crippen LogP contribution < -0.4 is 24.8 Å². The van der Waals surface area contributed by atoms with Gasteiger partial charge in [-0.25, -0.2) is 0 Å². The van der Waals surface area contributed by atoms with Crippen LogP contribution in [0.1, 0.15) is 19.8 Å². The first kappa shape index (κ1) is 17.7. The summed E-state index contributed by atoms with van der Waals surface area (Å²) in [6.07, 6.45) is 1.95. The zero-order valence-electron chi connectivity index (χ0n) is 14.4. The molecule has 130 valence electrons. The van der Waals surface area contributed by atoms with Gasteiger partial charge in [-0.2, -0.15) is 5.26 Å². The van der Waals surface area contributed by atoms with Crippen LogP contribution in [-0.2, 0) is 4.79 Å². The maximum atomic E-state index is 12.1. The van der Waals surface area contributed by atoms with Crippen molar-refractivity contribution in [2.45, 2.75) is 25.3 Å². The third-order valence-electron chi connectivity index (χ3n) is 4.14. The molecule has 2 N–H and O–H groups in total. The largest absolute Gasteiger partial charge is 0.493 e. The van der Waals surface area contributed by atoms with Crippen molar-refractivity contribution in [3.8, 4) is 23.3 Å². The fraction of sp³-hybridized carbons (Fsp3) is 0.529. The number of nitrogens with zero attached hydrogens (tertiary/aromatic N) is 1. The van der Waals surface area contributed by atoms with Gasteiger partial charge in [0.05, 0.1) is 33.9 Å². The molecule has 0 radical (unpaired) electrons. The van der Waals surface area contributed by atoms with Crippen LogP contribution in [0.2, 0.25) is 0 Å². The number of hydrogen-bond acceptors (Lipinski definition) is 6. The number of ether oxygens (including phenoxy) is 3. The minimum atomic E-state index is -0.798. The number of carbonyl (C=O) groups is 1. The summed E-state index contributed by atoms with van der Waals surface area (Å²) in [6, 6.07) is 5.65. The predicted molar refractivity (Wildman–Crippen MR) is 89.5 cm³/mol. The molecule has 0 heterocycles. The summed E-state index contributed by atoms with van der Waals surface area (Å²) in [5.74, 6) is 1.49. The Morgan fingerprint density at radius 3 is 2.25 bits per heavy atom. The Morgan fingerprint density at radius 1 is 1.25 bits per heavy atom. The lowest BCUT2D eigenvalue weighted by Gasteiger charge is -2.23. The van der Waals surface area contributed by atoms with E-state index in [-0.39, 0.29) is 18.4 Å². The first-order valence-electron chi connectivity index (χ1n) is 7.73. The van der Waals surface area contributed by atoms with Gasteiger partial charge in [-0.1, -0.05) is 0 Å². The van der Waals surface area contributed by atoms with Crippen LogP contribution >= 0.6 is 0 Å². The fourth-order valence-corrected chi connectivity index (χ4v) is 2.58. The van der Waals surface area contributed by atoms with Gasteiger partial charge in [-0.05, 0) is 25.7 Å². The van der Waals surface area contributed by atoms with Crippen LogP contribution in [0.15, 0.2) is 12.1 Å². The van der Waals surface area contributed by atoms with Crippen molar-refractivity contribution in [3.63, 3.8) is 0 Å². The Kier molecular flexibility index (Phi) is 5.39. The highest BCUT2D eigenvalue weighted by molar-refractivity contribution is 5.82. The number of nitriles is 1. The molecule has 1 atom stereocenters. The number of benzene rings is 1. The molecule has 7 heteroatoms. The van der Waals surface area contributed by atoms with Crippen molar-refractivity contribution in [1.29, 1.82) is 5.26 Å². The summed E-state index contributed by atoms with van der Waals surface area (Å²) in [5, 5.41) is 15.1. The van der Waals surface area contributed by atoms with Gasteiger partial charge < -0.3 is 24.8 Å². The molecule has 1 aliphatic rings. The van der Waals surface area contributed by atoms with Gasteiger partial charge in [-0.15, -0.1) is 0 Å². The molecule has 0 aliphatic heterocycles. The molecule has 0 spiro atoms. The quantitative estimate of drug-likeness (QED) is 0.755. The second-order valence-electron chi connectivity index (χ2n) is 5.90. The standard InChI is InChI=1S/C17H23N3O4/c1-17(10-18,11-5-6-11)20-15(21)9-19-12-7-13(22-2)16(24-4)14(8-12)23-3/h7-8,11,19H,5-6,9H2,1-4H3,(H,20,21). The van der Waals surface area contributed by atoms with Gasteiger partial charge in [0.25, 0.3) is 0 Å². The molecule has 0 aromatic heterocycles. The van der Waals surface area contributed by atoms with Crippen molar-refractivity contribution in [3.05, 3.63) is 12.1 Å². The lowest BCUT2D eigenvalue weighted by Crippen LogP contribution is -2.48. The van der Waals surface area contributed by atoms with Crippen molar-refractivity contribution in [2.75, 3.05) is 33.2 Å². The Balaban J connectivity index is 2.03. The molecule has 1 unspecified atom stereocenters. The summed E-state index contributed by atoms with van der Waals surface area (Å²) in [5.41, 5.74) is -0.140. The molecule has 1 aliphatic carbocycles. The Labute approximate surface area is 141 Å². The molecule has 1 aromatic carbocycles. The minimum absolute atomic E-state index is 0.0443. The number of amides is 1. The van der Waals surface area contributed by atoms with E-state index in [4.69, 9.17) is 14.2 Å². The summed E-state index contributed by atoms with van der Waals surface area (Å²) >= 11 is 0.